The van der Waals surface area contributed by atoms with Gasteiger partial charge in [0.25, 0.3) is 0 Å². The first-order valence-electron chi connectivity index (χ1n) is 17.4. The van der Waals surface area contributed by atoms with Crippen molar-refractivity contribution in [2.24, 2.45) is 39.4 Å². The van der Waals surface area contributed by atoms with Crippen LogP contribution in [0, 0.1) is 39.4 Å². The molecule has 8 heteroatoms. The second kappa shape index (κ2) is 11.8. The van der Waals surface area contributed by atoms with Gasteiger partial charge >= 0.3 is 0 Å². The molecule has 3 fully saturated rings. The monoisotopic (exact) mass is 622 g/mol. The lowest BCUT2D eigenvalue weighted by atomic mass is 9.43. The molecule has 254 valence electrons. The van der Waals surface area contributed by atoms with Crippen LogP contribution in [0.5, 0.6) is 0 Å². The molecule has 0 bridgehead atoms. The number of rotatable bonds is 8. The van der Waals surface area contributed by atoms with Crippen molar-refractivity contribution in [3.63, 3.8) is 0 Å². The molecule has 1 heterocycles. The Bertz CT molecular complexity index is 1080. The first kappa shape index (κ1) is 34.7. The van der Waals surface area contributed by atoms with E-state index in [0.717, 1.165) is 51.4 Å². The lowest BCUT2D eigenvalue weighted by Crippen LogP contribution is -2.61. The van der Waals surface area contributed by atoms with Crippen molar-refractivity contribution in [1.82, 2.24) is 0 Å². The molecular weight excluding hydrogens is 560 g/mol. The van der Waals surface area contributed by atoms with Crippen molar-refractivity contribution in [2.45, 2.75) is 168 Å². The van der Waals surface area contributed by atoms with Gasteiger partial charge in [0.2, 0.25) is 0 Å². The van der Waals surface area contributed by atoms with Crippen LogP contribution in [0.25, 0.3) is 0 Å². The molecule has 1 saturated heterocycles. The van der Waals surface area contributed by atoms with Crippen LogP contribution in [0.4, 0.5) is 0 Å². The van der Waals surface area contributed by atoms with Crippen molar-refractivity contribution >= 4 is 0 Å². The second-order valence-corrected chi connectivity index (χ2v) is 17.3. The normalized spacial score (nSPS) is 47.0. The predicted molar refractivity (Wildman–Crippen MR) is 168 cm³/mol. The average molecular weight is 623 g/mol. The van der Waals surface area contributed by atoms with E-state index >= 15 is 0 Å². The fourth-order valence-corrected chi connectivity index (χ4v) is 11.2. The van der Waals surface area contributed by atoms with Crippen molar-refractivity contribution in [1.29, 1.82) is 0 Å². The van der Waals surface area contributed by atoms with Crippen LogP contribution < -0.4 is 0 Å². The predicted octanol–water partition coefficient (Wildman–Crippen LogP) is 4.47. The molecule has 7 unspecified atom stereocenters. The summed E-state index contributed by atoms with van der Waals surface area (Å²) >= 11 is 0. The van der Waals surface area contributed by atoms with Crippen LogP contribution in [-0.2, 0) is 9.47 Å². The quantitative estimate of drug-likeness (QED) is 0.218. The van der Waals surface area contributed by atoms with E-state index in [0.29, 0.717) is 24.7 Å². The molecule has 6 N–H and O–H groups in total. The Morgan fingerprint density at radius 1 is 0.909 bits per heavy atom. The average Bonchev–Trinajstić information content (AvgIpc) is 3.23. The Kier molecular flexibility index (Phi) is 9.35. The molecule has 13 atom stereocenters. The maximum absolute atomic E-state index is 11.2. The number of allylic oxidation sites excluding steroid dienone is 2. The number of fused-ring (bicyclic) bond motifs is 4. The minimum absolute atomic E-state index is 0.0482. The lowest BCUT2D eigenvalue weighted by molar-refractivity contribution is -0.325. The molecule has 5 aliphatic rings. The summed E-state index contributed by atoms with van der Waals surface area (Å²) in [6, 6.07) is 0. The van der Waals surface area contributed by atoms with E-state index in [2.05, 4.69) is 41.5 Å². The van der Waals surface area contributed by atoms with Crippen LogP contribution in [0.1, 0.15) is 120 Å². The summed E-state index contributed by atoms with van der Waals surface area (Å²) < 4.78 is 12.2. The lowest BCUT2D eigenvalue weighted by Gasteiger charge is -2.63. The third kappa shape index (κ3) is 5.45. The highest BCUT2D eigenvalue weighted by molar-refractivity contribution is 5.39. The molecule has 0 spiro atoms. The van der Waals surface area contributed by atoms with E-state index in [1.54, 1.807) is 11.1 Å². The minimum Gasteiger partial charge on any atom is -0.394 e. The fraction of sp³-hybridized carbons (Fsp3) is 0.944. The SMILES string of the molecule is C[C@H](C(O)CCC(C)(C)O)[C@H]1CC[C@@]2(C)C3=C(CC[C@]12C)[C@@]1(C)CC[C@H](OC2OC(CO)C(O)C(O)C2O)C(C)(C)C1CC3. The fourth-order valence-electron chi connectivity index (χ4n) is 11.2. The first-order chi connectivity index (χ1) is 20.3. The smallest absolute Gasteiger partial charge is 0.186 e. The van der Waals surface area contributed by atoms with Gasteiger partial charge in [-0.05, 0) is 117 Å². The number of aliphatic hydroxyl groups is 6. The maximum Gasteiger partial charge on any atom is 0.186 e. The van der Waals surface area contributed by atoms with Crippen LogP contribution in [0.15, 0.2) is 11.1 Å². The largest absolute Gasteiger partial charge is 0.394 e. The summed E-state index contributed by atoms with van der Waals surface area (Å²) in [5.41, 5.74) is 2.63. The molecule has 0 aromatic heterocycles. The van der Waals surface area contributed by atoms with E-state index < -0.39 is 49.0 Å². The Labute approximate surface area is 265 Å². The molecule has 0 aromatic rings. The highest BCUT2D eigenvalue weighted by Gasteiger charge is 2.64. The Hall–Kier alpha value is -0.580. The van der Waals surface area contributed by atoms with Gasteiger partial charge in [-0.15, -0.1) is 0 Å². The van der Waals surface area contributed by atoms with Crippen molar-refractivity contribution in [3.05, 3.63) is 11.1 Å². The van der Waals surface area contributed by atoms with Gasteiger partial charge in [-0.1, -0.05) is 52.7 Å². The number of aliphatic hydroxyl groups excluding tert-OH is 5. The highest BCUT2D eigenvalue weighted by Crippen LogP contribution is 2.72. The van der Waals surface area contributed by atoms with Crippen LogP contribution >= 0.6 is 0 Å². The number of hydrogen-bond donors (Lipinski definition) is 6. The van der Waals surface area contributed by atoms with E-state index in [-0.39, 0.29) is 33.7 Å². The second-order valence-electron chi connectivity index (χ2n) is 17.3. The minimum atomic E-state index is -1.44. The number of ether oxygens (including phenoxy) is 2. The number of hydrogen-bond acceptors (Lipinski definition) is 8. The molecule has 4 aliphatic carbocycles. The van der Waals surface area contributed by atoms with Gasteiger partial charge in [-0.3, -0.25) is 0 Å². The van der Waals surface area contributed by atoms with E-state index in [9.17, 15) is 30.6 Å². The Morgan fingerprint density at radius 3 is 2.23 bits per heavy atom. The summed E-state index contributed by atoms with van der Waals surface area (Å²) in [4.78, 5) is 0. The van der Waals surface area contributed by atoms with E-state index in [1.165, 1.54) is 0 Å². The molecule has 2 saturated carbocycles. The Morgan fingerprint density at radius 2 is 1.59 bits per heavy atom. The zero-order valence-electron chi connectivity index (χ0n) is 28.6. The van der Waals surface area contributed by atoms with Gasteiger partial charge in [-0.2, -0.15) is 0 Å². The van der Waals surface area contributed by atoms with Crippen molar-refractivity contribution < 1.29 is 40.1 Å². The van der Waals surface area contributed by atoms with Gasteiger partial charge in [-0.25, -0.2) is 0 Å². The molecule has 0 amide bonds. The summed E-state index contributed by atoms with van der Waals surface area (Å²) in [5.74, 6) is 1.01. The van der Waals surface area contributed by atoms with Crippen molar-refractivity contribution in [2.75, 3.05) is 6.61 Å². The van der Waals surface area contributed by atoms with Gasteiger partial charge in [0, 0.05) is 0 Å². The summed E-state index contributed by atoms with van der Waals surface area (Å²) in [6.07, 6.45) is 2.73. The third-order valence-corrected chi connectivity index (χ3v) is 14.2. The third-order valence-electron chi connectivity index (χ3n) is 14.2. The zero-order valence-corrected chi connectivity index (χ0v) is 28.6. The van der Waals surface area contributed by atoms with E-state index in [1.807, 2.05) is 13.8 Å². The van der Waals surface area contributed by atoms with Gasteiger partial charge in [0.05, 0.1) is 24.4 Å². The molecule has 44 heavy (non-hydrogen) atoms. The summed E-state index contributed by atoms with van der Waals surface area (Å²) in [6.45, 7) is 17.4. The van der Waals surface area contributed by atoms with E-state index in [4.69, 9.17) is 9.47 Å². The van der Waals surface area contributed by atoms with Crippen LogP contribution in [-0.4, -0.2) is 85.8 Å². The molecule has 0 radical (unpaired) electrons. The topological polar surface area (TPSA) is 140 Å². The molecular formula is C36H62O8. The molecule has 5 rings (SSSR count). The van der Waals surface area contributed by atoms with Gasteiger partial charge < -0.3 is 40.1 Å². The zero-order chi connectivity index (χ0) is 32.6. The summed E-state index contributed by atoms with van der Waals surface area (Å²) in [7, 11) is 0. The van der Waals surface area contributed by atoms with Crippen molar-refractivity contribution in [3.8, 4) is 0 Å². The van der Waals surface area contributed by atoms with Crippen LogP contribution in [0.2, 0.25) is 0 Å². The molecule has 1 aliphatic heterocycles. The van der Waals surface area contributed by atoms with Gasteiger partial charge in [0.15, 0.2) is 6.29 Å². The highest BCUT2D eigenvalue weighted by atomic mass is 16.7. The van der Waals surface area contributed by atoms with Gasteiger partial charge in [0.1, 0.15) is 24.4 Å². The Balaban J connectivity index is 1.36. The first-order valence-corrected chi connectivity index (χ1v) is 17.4. The molecule has 0 aromatic carbocycles. The van der Waals surface area contributed by atoms with Crippen LogP contribution in [0.3, 0.4) is 0 Å². The standard InChI is InChI=1S/C36H62O8/c1-20(24(38)13-15-32(2,3)42)21-11-17-36(8)23-9-10-26-33(4,5)27(14-16-34(26,6)22(23)12-18-35(21,36)7)44-31-30(41)29(40)28(39)25(19-37)43-31/h20-21,24-31,37-42H,9-19H2,1-8H3/t20-,21+,24?,25?,26?,27-,28?,29?,30?,31?,34+,35+,36-/m0/s1. The summed E-state index contributed by atoms with van der Waals surface area (Å²) in [5, 5.41) is 62.4. The maximum atomic E-state index is 11.2. The molecule has 8 nitrogen and oxygen atoms in total.